The van der Waals surface area contributed by atoms with Gasteiger partial charge in [0.1, 0.15) is 6.04 Å². The van der Waals surface area contributed by atoms with Crippen molar-refractivity contribution in [2.45, 2.75) is 13.0 Å². The molecule has 0 fully saturated rings. The number of anilines is 3. The third-order valence-electron chi connectivity index (χ3n) is 5.62. The standard InChI is InChI=1S/C28H29N5O2S/c1-19-25(27(35)31-22-12-8-5-9-13-22)26(20-14-16-23(17-15-20)33(2)3)32-28(29-19)36-18-24(34)30-21-10-6-4-7-11-21/h4-17,26H,18H2,1-3H3,(H,29,32)(H,30,34)(H,31,35)/t26-/m0/s1. The molecule has 0 unspecified atom stereocenters. The van der Waals surface area contributed by atoms with Gasteiger partial charge in [-0.3, -0.25) is 9.59 Å². The number of allylic oxidation sites excluding steroid dienone is 1. The van der Waals surface area contributed by atoms with Gasteiger partial charge in [-0.25, -0.2) is 4.99 Å². The van der Waals surface area contributed by atoms with Gasteiger partial charge >= 0.3 is 0 Å². The van der Waals surface area contributed by atoms with Crippen LogP contribution in [0.1, 0.15) is 18.5 Å². The summed E-state index contributed by atoms with van der Waals surface area (Å²) in [5.41, 5.74) is 4.65. The summed E-state index contributed by atoms with van der Waals surface area (Å²) in [5.74, 6) is -0.161. The van der Waals surface area contributed by atoms with Gasteiger partial charge in [-0.1, -0.05) is 60.3 Å². The molecular weight excluding hydrogens is 470 g/mol. The number of amides is 2. The number of para-hydroxylation sites is 2. The summed E-state index contributed by atoms with van der Waals surface area (Å²) in [6, 6.07) is 26.2. The van der Waals surface area contributed by atoms with E-state index >= 15 is 0 Å². The quantitative estimate of drug-likeness (QED) is 0.424. The highest BCUT2D eigenvalue weighted by Crippen LogP contribution is 2.34. The van der Waals surface area contributed by atoms with E-state index < -0.39 is 6.04 Å². The fourth-order valence-electron chi connectivity index (χ4n) is 3.78. The highest BCUT2D eigenvalue weighted by atomic mass is 32.2. The maximum absolute atomic E-state index is 13.4. The van der Waals surface area contributed by atoms with Gasteiger partial charge in [-0.15, -0.1) is 0 Å². The molecule has 0 spiro atoms. The number of amidine groups is 1. The molecule has 0 bridgehead atoms. The van der Waals surface area contributed by atoms with Crippen molar-refractivity contribution in [2.75, 3.05) is 35.4 Å². The average molecular weight is 500 g/mol. The molecule has 0 saturated carbocycles. The number of nitrogens with zero attached hydrogens (tertiary/aromatic N) is 2. The molecule has 8 heteroatoms. The van der Waals surface area contributed by atoms with E-state index in [0.717, 1.165) is 16.9 Å². The Hall–Kier alpha value is -4.04. The SMILES string of the molecule is CC1=C(C(=O)Nc2ccccc2)[C@H](c2ccc(N(C)C)cc2)N=C(SCC(=O)Nc2ccccc2)N1. The monoisotopic (exact) mass is 499 g/mol. The number of carbonyl (C=O) groups is 2. The Morgan fingerprint density at radius 2 is 1.47 bits per heavy atom. The molecule has 0 aromatic heterocycles. The lowest BCUT2D eigenvalue weighted by atomic mass is 9.95. The Balaban J connectivity index is 1.55. The van der Waals surface area contributed by atoms with Crippen LogP contribution < -0.4 is 20.9 Å². The van der Waals surface area contributed by atoms with E-state index in [0.29, 0.717) is 22.1 Å². The van der Waals surface area contributed by atoms with Crippen LogP contribution in [0.3, 0.4) is 0 Å². The van der Waals surface area contributed by atoms with Gasteiger partial charge in [-0.05, 0) is 48.9 Å². The molecule has 1 aliphatic rings. The smallest absolute Gasteiger partial charge is 0.255 e. The number of benzene rings is 3. The van der Waals surface area contributed by atoms with Crippen LogP contribution in [-0.4, -0.2) is 36.8 Å². The molecule has 3 N–H and O–H groups in total. The molecule has 2 amide bonds. The van der Waals surface area contributed by atoms with E-state index in [1.54, 1.807) is 0 Å². The summed E-state index contributed by atoms with van der Waals surface area (Å²) in [6.45, 7) is 1.86. The lowest BCUT2D eigenvalue weighted by Crippen LogP contribution is -2.32. The lowest BCUT2D eigenvalue weighted by Gasteiger charge is -2.26. The lowest BCUT2D eigenvalue weighted by molar-refractivity contribution is -0.114. The van der Waals surface area contributed by atoms with E-state index in [2.05, 4.69) is 16.0 Å². The van der Waals surface area contributed by atoms with Crippen LogP contribution in [0.4, 0.5) is 17.1 Å². The molecule has 7 nitrogen and oxygen atoms in total. The number of thioether (sulfide) groups is 1. The number of hydrogen-bond donors (Lipinski definition) is 3. The maximum atomic E-state index is 13.4. The summed E-state index contributed by atoms with van der Waals surface area (Å²) < 4.78 is 0. The number of hydrogen-bond acceptors (Lipinski definition) is 6. The second-order valence-corrected chi connectivity index (χ2v) is 9.47. The molecule has 1 aliphatic heterocycles. The van der Waals surface area contributed by atoms with Crippen molar-refractivity contribution in [3.63, 3.8) is 0 Å². The summed E-state index contributed by atoms with van der Waals surface area (Å²) in [7, 11) is 3.96. The zero-order valence-electron chi connectivity index (χ0n) is 20.5. The fraction of sp³-hybridized carbons (Fsp3) is 0.179. The van der Waals surface area contributed by atoms with Crippen molar-refractivity contribution in [1.29, 1.82) is 0 Å². The zero-order valence-corrected chi connectivity index (χ0v) is 21.3. The molecule has 3 aromatic carbocycles. The van der Waals surface area contributed by atoms with Gasteiger partial charge < -0.3 is 20.9 Å². The molecule has 3 aromatic rings. The van der Waals surface area contributed by atoms with Crippen LogP contribution in [0.2, 0.25) is 0 Å². The topological polar surface area (TPSA) is 85.8 Å². The van der Waals surface area contributed by atoms with Gasteiger partial charge in [0.25, 0.3) is 5.91 Å². The van der Waals surface area contributed by atoms with Crippen molar-refractivity contribution in [3.05, 3.63) is 102 Å². The van der Waals surface area contributed by atoms with Crippen molar-refractivity contribution in [3.8, 4) is 0 Å². The first-order valence-corrected chi connectivity index (χ1v) is 12.6. The number of nitrogens with one attached hydrogen (secondary N) is 3. The van der Waals surface area contributed by atoms with Crippen molar-refractivity contribution in [1.82, 2.24) is 5.32 Å². The second kappa shape index (κ2) is 11.6. The summed E-state index contributed by atoms with van der Waals surface area (Å²) in [6.07, 6.45) is 0. The normalized spacial score (nSPS) is 15.0. The van der Waals surface area contributed by atoms with E-state index in [1.165, 1.54) is 11.8 Å². The zero-order chi connectivity index (χ0) is 25.5. The number of aliphatic imine (C=N–C) groups is 1. The Morgan fingerprint density at radius 1 is 0.889 bits per heavy atom. The molecule has 1 heterocycles. The number of carbonyl (C=O) groups excluding carboxylic acids is 2. The third-order valence-corrected chi connectivity index (χ3v) is 6.50. The van der Waals surface area contributed by atoms with E-state index in [9.17, 15) is 9.59 Å². The predicted octanol–water partition coefficient (Wildman–Crippen LogP) is 5.04. The van der Waals surface area contributed by atoms with E-state index in [-0.39, 0.29) is 17.6 Å². The van der Waals surface area contributed by atoms with Crippen LogP contribution in [-0.2, 0) is 9.59 Å². The average Bonchev–Trinajstić information content (AvgIpc) is 2.88. The van der Waals surface area contributed by atoms with Gasteiger partial charge in [0.2, 0.25) is 5.91 Å². The first kappa shape index (κ1) is 25.1. The van der Waals surface area contributed by atoms with Gasteiger partial charge in [0.15, 0.2) is 5.17 Å². The Kier molecular flexibility index (Phi) is 8.07. The Labute approximate surface area is 215 Å². The molecule has 0 saturated heterocycles. The molecule has 4 rings (SSSR count). The number of rotatable bonds is 7. The summed E-state index contributed by atoms with van der Waals surface area (Å²) in [4.78, 5) is 32.7. The van der Waals surface area contributed by atoms with Crippen LogP contribution >= 0.6 is 11.8 Å². The van der Waals surface area contributed by atoms with Gasteiger partial charge in [-0.2, -0.15) is 0 Å². The summed E-state index contributed by atoms with van der Waals surface area (Å²) in [5, 5.41) is 9.68. The first-order valence-electron chi connectivity index (χ1n) is 11.6. The molecule has 0 aliphatic carbocycles. The van der Waals surface area contributed by atoms with Crippen LogP contribution in [0, 0.1) is 0 Å². The van der Waals surface area contributed by atoms with E-state index in [1.807, 2.05) is 111 Å². The molecular formula is C28H29N5O2S. The van der Waals surface area contributed by atoms with Crippen molar-refractivity contribution < 1.29 is 9.59 Å². The highest BCUT2D eigenvalue weighted by Gasteiger charge is 2.29. The molecule has 184 valence electrons. The second-order valence-electron chi connectivity index (χ2n) is 8.51. The minimum atomic E-state index is -0.508. The third kappa shape index (κ3) is 6.34. The largest absolute Gasteiger partial charge is 0.378 e. The maximum Gasteiger partial charge on any atom is 0.255 e. The minimum absolute atomic E-state index is 0.128. The Morgan fingerprint density at radius 3 is 2.06 bits per heavy atom. The fourth-order valence-corrected chi connectivity index (χ4v) is 4.53. The van der Waals surface area contributed by atoms with Crippen LogP contribution in [0.5, 0.6) is 0 Å². The molecule has 1 atom stereocenters. The van der Waals surface area contributed by atoms with Crippen LogP contribution in [0.15, 0.2) is 101 Å². The van der Waals surface area contributed by atoms with Crippen molar-refractivity contribution >= 4 is 45.8 Å². The van der Waals surface area contributed by atoms with Crippen molar-refractivity contribution in [2.24, 2.45) is 4.99 Å². The first-order chi connectivity index (χ1) is 17.4. The summed E-state index contributed by atoms with van der Waals surface area (Å²) >= 11 is 1.31. The molecule has 0 radical (unpaired) electrons. The predicted molar refractivity (Wildman–Crippen MR) is 149 cm³/mol. The van der Waals surface area contributed by atoms with Gasteiger partial charge in [0, 0.05) is 36.9 Å². The molecule has 36 heavy (non-hydrogen) atoms. The highest BCUT2D eigenvalue weighted by molar-refractivity contribution is 8.14. The Bertz CT molecular complexity index is 1270. The minimum Gasteiger partial charge on any atom is -0.378 e. The van der Waals surface area contributed by atoms with Gasteiger partial charge in [0.05, 0.1) is 11.3 Å². The van der Waals surface area contributed by atoms with Crippen LogP contribution in [0.25, 0.3) is 0 Å². The van der Waals surface area contributed by atoms with E-state index in [4.69, 9.17) is 4.99 Å².